The maximum absolute atomic E-state index is 3.25. The van der Waals surface area contributed by atoms with Crippen molar-refractivity contribution in [3.8, 4) is 0 Å². The molecule has 0 aliphatic heterocycles. The molecule has 0 aromatic heterocycles. The fourth-order valence-corrected chi connectivity index (χ4v) is 3.39. The fraction of sp³-hybridized carbons (Fsp3) is 0.385. The smallest absolute Gasteiger partial charge is 0.321 e. The monoisotopic (exact) mass is 469 g/mol. The summed E-state index contributed by atoms with van der Waals surface area (Å²) < 4.78 is 0. The van der Waals surface area contributed by atoms with Crippen LogP contribution in [0.5, 0.6) is 0 Å². The molecule has 151 valence electrons. The summed E-state index contributed by atoms with van der Waals surface area (Å²) in [6.45, 7) is 17.4. The minimum absolute atomic E-state index is 0. The van der Waals surface area contributed by atoms with E-state index in [4.69, 9.17) is 0 Å². The van der Waals surface area contributed by atoms with Gasteiger partial charge in [0.05, 0.1) is 0 Å². The second kappa shape index (κ2) is 21.0. The van der Waals surface area contributed by atoms with E-state index < -0.39 is 0 Å². The van der Waals surface area contributed by atoms with Crippen molar-refractivity contribution in [1.82, 2.24) is 0 Å². The van der Waals surface area contributed by atoms with E-state index in [1.807, 2.05) is 0 Å². The third-order valence-electron chi connectivity index (χ3n) is 4.47. The largest absolute Gasteiger partial charge is 4.00 e. The molecule has 1 radical (unpaired) electrons. The van der Waals surface area contributed by atoms with Gasteiger partial charge in [0.1, 0.15) is 0 Å². The number of hydrogen-bond acceptors (Lipinski definition) is 0. The van der Waals surface area contributed by atoms with Gasteiger partial charge < -0.3 is 12.8 Å². The van der Waals surface area contributed by atoms with Crippen molar-refractivity contribution in [3.63, 3.8) is 0 Å². The van der Waals surface area contributed by atoms with Crippen LogP contribution >= 0.6 is 0 Å². The molecule has 0 amide bonds. The SMILES string of the molecule is C1=CC2[CH-]CCC2C=C1.C1=CC2[CH-]CCC2C=C1.C=C[CH2-].C=C[CH2-].C[SiH]C.[Zr+4]. The van der Waals surface area contributed by atoms with E-state index in [0.717, 1.165) is 33.2 Å². The standard InChI is InChI=1S/2C9H11.2C3H5.C2H7Si.Zr/c2*1-2-5-9-7-3-6-8(9)4-1;3*1-3-2;/h2*1-2,4-6,8-9H,3,7H2;2*3H,1-2H2;3H,1-2H3;/q4*-1;;+4. The molecule has 0 spiro atoms. The van der Waals surface area contributed by atoms with Crippen LogP contribution in [0.3, 0.4) is 0 Å². The van der Waals surface area contributed by atoms with Gasteiger partial charge in [0, 0.05) is 9.52 Å². The van der Waals surface area contributed by atoms with Gasteiger partial charge in [-0.2, -0.15) is 12.8 Å². The summed E-state index contributed by atoms with van der Waals surface area (Å²) in [4.78, 5) is 0. The molecule has 4 rings (SSSR count). The maximum atomic E-state index is 3.25. The minimum atomic E-state index is 0. The first-order chi connectivity index (χ1) is 13.2. The molecule has 0 heterocycles. The first-order valence-electron chi connectivity index (χ1n) is 10.1. The van der Waals surface area contributed by atoms with Gasteiger partial charge in [0.25, 0.3) is 0 Å². The fourth-order valence-electron chi connectivity index (χ4n) is 3.39. The molecule has 0 nitrogen and oxygen atoms in total. The number of allylic oxidation sites excluding steroid dienone is 10. The first-order valence-corrected chi connectivity index (χ1v) is 12.4. The predicted octanol–water partition coefficient (Wildman–Crippen LogP) is 7.22. The minimum Gasteiger partial charge on any atom is -0.321 e. The van der Waals surface area contributed by atoms with Gasteiger partial charge in [0.2, 0.25) is 0 Å². The summed E-state index contributed by atoms with van der Waals surface area (Å²) in [5, 5.41) is 0. The summed E-state index contributed by atoms with van der Waals surface area (Å²) in [7, 11) is 0.750. The normalized spacial score (nSPS) is 26.6. The molecular formula is C26H39SiZr. The first kappa shape index (κ1) is 29.5. The van der Waals surface area contributed by atoms with Gasteiger partial charge in [-0.25, -0.2) is 39.2 Å². The van der Waals surface area contributed by atoms with Crippen LogP contribution in [0.25, 0.3) is 0 Å². The van der Waals surface area contributed by atoms with E-state index in [0.29, 0.717) is 0 Å². The Bertz CT molecular complexity index is 407. The molecule has 2 saturated carbocycles. The zero-order valence-electron chi connectivity index (χ0n) is 18.0. The Morgan fingerprint density at radius 2 is 1.07 bits per heavy atom. The Balaban J connectivity index is 0. The van der Waals surface area contributed by atoms with Gasteiger partial charge in [-0.05, 0) is 11.8 Å². The summed E-state index contributed by atoms with van der Waals surface area (Å²) in [5.74, 6) is 3.23. The van der Waals surface area contributed by atoms with Crippen LogP contribution in [0.4, 0.5) is 0 Å². The van der Waals surface area contributed by atoms with Gasteiger partial charge in [-0.15, -0.1) is 24.0 Å². The van der Waals surface area contributed by atoms with Gasteiger partial charge >= 0.3 is 26.2 Å². The molecule has 2 fully saturated rings. The Morgan fingerprint density at radius 1 is 0.786 bits per heavy atom. The molecule has 4 aliphatic carbocycles. The summed E-state index contributed by atoms with van der Waals surface area (Å²) in [6, 6.07) is 0. The predicted molar refractivity (Wildman–Crippen MR) is 128 cm³/mol. The molecule has 4 unspecified atom stereocenters. The third kappa shape index (κ3) is 13.5. The van der Waals surface area contributed by atoms with Crippen molar-refractivity contribution < 1.29 is 26.2 Å². The van der Waals surface area contributed by atoms with Crippen LogP contribution in [-0.2, 0) is 26.2 Å². The zero-order chi connectivity index (χ0) is 20.3. The van der Waals surface area contributed by atoms with Crippen molar-refractivity contribution in [3.05, 3.63) is 101 Å². The van der Waals surface area contributed by atoms with Crippen molar-refractivity contribution in [2.45, 2.75) is 38.8 Å². The zero-order valence-corrected chi connectivity index (χ0v) is 21.6. The average Bonchev–Trinajstić information content (AvgIpc) is 3.33. The molecule has 0 N–H and O–H groups in total. The van der Waals surface area contributed by atoms with Crippen LogP contribution in [-0.4, -0.2) is 9.52 Å². The Labute approximate surface area is 198 Å². The van der Waals surface area contributed by atoms with Crippen LogP contribution in [0.1, 0.15) is 25.7 Å². The molecule has 0 aromatic carbocycles. The number of hydrogen-bond donors (Lipinski definition) is 0. The van der Waals surface area contributed by atoms with Crippen molar-refractivity contribution >= 4 is 9.52 Å². The summed E-state index contributed by atoms with van der Waals surface area (Å²) >= 11 is 0. The Hall–Kier alpha value is -0.720. The van der Waals surface area contributed by atoms with E-state index >= 15 is 0 Å². The Kier molecular flexibility index (Phi) is 22.1. The molecule has 2 heteroatoms. The second-order valence-corrected chi connectivity index (χ2v) is 7.96. The van der Waals surface area contributed by atoms with Crippen molar-refractivity contribution in [2.75, 3.05) is 0 Å². The van der Waals surface area contributed by atoms with E-state index in [1.165, 1.54) is 37.8 Å². The van der Waals surface area contributed by atoms with Crippen molar-refractivity contribution in [2.24, 2.45) is 23.7 Å². The molecule has 4 aliphatic rings. The topological polar surface area (TPSA) is 0 Å². The molecule has 0 aromatic rings. The van der Waals surface area contributed by atoms with E-state index in [-0.39, 0.29) is 26.2 Å². The van der Waals surface area contributed by atoms with E-state index in [1.54, 1.807) is 0 Å². The quantitative estimate of drug-likeness (QED) is 0.259. The number of rotatable bonds is 0. The van der Waals surface area contributed by atoms with E-state index in [2.05, 4.69) is 102 Å². The van der Waals surface area contributed by atoms with Gasteiger partial charge in [0.15, 0.2) is 0 Å². The molecule has 0 bridgehead atoms. The average molecular weight is 471 g/mol. The number of fused-ring (bicyclic) bond motifs is 2. The third-order valence-corrected chi connectivity index (χ3v) is 4.47. The molecule has 0 saturated heterocycles. The summed E-state index contributed by atoms with van der Waals surface area (Å²) in [6.07, 6.45) is 31.1. The van der Waals surface area contributed by atoms with E-state index in [9.17, 15) is 0 Å². The van der Waals surface area contributed by atoms with Gasteiger partial charge in [-0.1, -0.05) is 62.4 Å². The second-order valence-electron chi connectivity index (χ2n) is 6.80. The molecule has 28 heavy (non-hydrogen) atoms. The van der Waals surface area contributed by atoms with Crippen LogP contribution < -0.4 is 0 Å². The van der Waals surface area contributed by atoms with Crippen LogP contribution in [0.2, 0.25) is 13.1 Å². The van der Waals surface area contributed by atoms with Crippen molar-refractivity contribution in [1.29, 1.82) is 0 Å². The maximum Gasteiger partial charge on any atom is 4.00 e. The van der Waals surface area contributed by atoms with Crippen LogP contribution in [0.15, 0.2) is 73.9 Å². The van der Waals surface area contributed by atoms with Crippen LogP contribution in [0, 0.1) is 50.4 Å². The Morgan fingerprint density at radius 3 is 1.36 bits per heavy atom. The molecular weight excluding hydrogens is 432 g/mol. The van der Waals surface area contributed by atoms with Gasteiger partial charge in [-0.3, -0.25) is 0 Å². The summed E-state index contributed by atoms with van der Waals surface area (Å²) in [5.41, 5.74) is 0. The molecule has 4 atom stereocenters.